The molecule has 1 heterocycles. The topological polar surface area (TPSA) is 46.3 Å². The second-order valence-corrected chi connectivity index (χ2v) is 4.82. The van der Waals surface area contributed by atoms with Crippen molar-refractivity contribution in [2.24, 2.45) is 0 Å². The Balaban J connectivity index is 0.00000162. The Morgan fingerprint density at radius 3 is 2.83 bits per heavy atom. The zero-order chi connectivity index (χ0) is 12.3. The smallest absolute Gasteiger partial charge is 0.222 e. The summed E-state index contributed by atoms with van der Waals surface area (Å²) in [6.07, 6.45) is 3.86. The Bertz CT molecular complexity index is 423. The zero-order valence-electron chi connectivity index (χ0n) is 10.2. The summed E-state index contributed by atoms with van der Waals surface area (Å²) in [5.41, 5.74) is 7.26. The number of carbonyl (C=O) groups is 1. The van der Waals surface area contributed by atoms with E-state index in [-0.39, 0.29) is 18.3 Å². The highest BCUT2D eigenvalue weighted by molar-refractivity contribution is 6.33. The first-order valence-electron chi connectivity index (χ1n) is 5.99. The molecule has 1 amide bonds. The number of carbonyl (C=O) groups excluding carboxylic acids is 1. The van der Waals surface area contributed by atoms with Crippen LogP contribution in [0.1, 0.15) is 31.2 Å². The number of amides is 1. The van der Waals surface area contributed by atoms with E-state index in [2.05, 4.69) is 0 Å². The first-order valence-corrected chi connectivity index (χ1v) is 6.37. The SMILES string of the molecule is Cl.Nc1cccc(CN2CCCCCC2=O)c1Cl. The minimum atomic E-state index is 0. The lowest BCUT2D eigenvalue weighted by molar-refractivity contribution is -0.131. The van der Waals surface area contributed by atoms with Crippen LogP contribution in [0.3, 0.4) is 0 Å². The van der Waals surface area contributed by atoms with Crippen LogP contribution in [0.4, 0.5) is 5.69 Å². The molecule has 1 saturated heterocycles. The average molecular weight is 289 g/mol. The molecule has 1 aliphatic rings. The molecule has 0 atom stereocenters. The third-order valence-electron chi connectivity index (χ3n) is 3.14. The minimum Gasteiger partial charge on any atom is -0.398 e. The van der Waals surface area contributed by atoms with Crippen LogP contribution in [0.25, 0.3) is 0 Å². The number of hydrogen-bond donors (Lipinski definition) is 1. The Morgan fingerprint density at radius 2 is 2.06 bits per heavy atom. The molecule has 1 aromatic rings. The molecule has 0 aliphatic carbocycles. The first kappa shape index (κ1) is 15.1. The Labute approximate surface area is 119 Å². The first-order chi connectivity index (χ1) is 8.18. The Hall–Kier alpha value is -0.930. The molecule has 0 saturated carbocycles. The summed E-state index contributed by atoms with van der Waals surface area (Å²) in [5, 5.41) is 0.574. The van der Waals surface area contributed by atoms with E-state index in [0.717, 1.165) is 31.4 Å². The molecule has 1 fully saturated rings. The maximum Gasteiger partial charge on any atom is 0.222 e. The number of anilines is 1. The van der Waals surface area contributed by atoms with Gasteiger partial charge in [0.15, 0.2) is 0 Å². The zero-order valence-corrected chi connectivity index (χ0v) is 11.8. The molecule has 3 nitrogen and oxygen atoms in total. The second kappa shape index (κ2) is 6.86. The van der Waals surface area contributed by atoms with Crippen LogP contribution in [0, 0.1) is 0 Å². The van der Waals surface area contributed by atoms with Crippen molar-refractivity contribution in [3.8, 4) is 0 Å². The number of benzene rings is 1. The van der Waals surface area contributed by atoms with Gasteiger partial charge in [0.05, 0.1) is 10.7 Å². The molecule has 0 bridgehead atoms. The van der Waals surface area contributed by atoms with Gasteiger partial charge in [-0.05, 0) is 24.5 Å². The van der Waals surface area contributed by atoms with Gasteiger partial charge in [-0.15, -0.1) is 12.4 Å². The average Bonchev–Trinajstić information content (AvgIpc) is 2.51. The Morgan fingerprint density at radius 1 is 1.28 bits per heavy atom. The molecule has 1 aliphatic heterocycles. The van der Waals surface area contributed by atoms with Gasteiger partial charge >= 0.3 is 0 Å². The van der Waals surface area contributed by atoms with Gasteiger partial charge in [-0.2, -0.15) is 0 Å². The van der Waals surface area contributed by atoms with E-state index in [1.54, 1.807) is 6.07 Å². The summed E-state index contributed by atoms with van der Waals surface area (Å²) >= 11 is 6.14. The van der Waals surface area contributed by atoms with Gasteiger partial charge in [-0.25, -0.2) is 0 Å². The van der Waals surface area contributed by atoms with Crippen molar-refractivity contribution in [2.45, 2.75) is 32.2 Å². The number of likely N-dealkylation sites (tertiary alicyclic amines) is 1. The molecular formula is C13H18Cl2N2O. The number of rotatable bonds is 2. The molecule has 2 N–H and O–H groups in total. The van der Waals surface area contributed by atoms with Gasteiger partial charge in [0.1, 0.15) is 0 Å². The van der Waals surface area contributed by atoms with Crippen LogP contribution in [0.2, 0.25) is 5.02 Å². The van der Waals surface area contributed by atoms with Crippen LogP contribution < -0.4 is 5.73 Å². The van der Waals surface area contributed by atoms with Crippen molar-refractivity contribution in [3.05, 3.63) is 28.8 Å². The molecule has 18 heavy (non-hydrogen) atoms. The van der Waals surface area contributed by atoms with Crippen LogP contribution >= 0.6 is 24.0 Å². The van der Waals surface area contributed by atoms with Crippen LogP contribution in [-0.2, 0) is 11.3 Å². The van der Waals surface area contributed by atoms with E-state index in [1.807, 2.05) is 17.0 Å². The number of nitrogen functional groups attached to an aromatic ring is 1. The van der Waals surface area contributed by atoms with E-state index in [4.69, 9.17) is 17.3 Å². The summed E-state index contributed by atoms with van der Waals surface area (Å²) < 4.78 is 0. The van der Waals surface area contributed by atoms with Gasteiger partial charge in [-0.3, -0.25) is 4.79 Å². The van der Waals surface area contributed by atoms with Gasteiger partial charge < -0.3 is 10.6 Å². The monoisotopic (exact) mass is 288 g/mol. The number of nitrogens with two attached hydrogens (primary N) is 1. The molecule has 100 valence electrons. The largest absolute Gasteiger partial charge is 0.398 e. The predicted molar refractivity (Wildman–Crippen MR) is 77.0 cm³/mol. The van der Waals surface area contributed by atoms with Crippen molar-refractivity contribution in [2.75, 3.05) is 12.3 Å². The maximum absolute atomic E-state index is 11.9. The molecule has 0 radical (unpaired) electrons. The van der Waals surface area contributed by atoms with Crippen molar-refractivity contribution >= 4 is 35.6 Å². The van der Waals surface area contributed by atoms with Crippen LogP contribution in [-0.4, -0.2) is 17.4 Å². The lowest BCUT2D eigenvalue weighted by atomic mass is 10.2. The van der Waals surface area contributed by atoms with Crippen molar-refractivity contribution < 1.29 is 4.79 Å². The molecular weight excluding hydrogens is 271 g/mol. The minimum absolute atomic E-state index is 0. The summed E-state index contributed by atoms with van der Waals surface area (Å²) in [5.74, 6) is 0.223. The normalized spacial score (nSPS) is 16.1. The lowest BCUT2D eigenvalue weighted by Gasteiger charge is -2.21. The van der Waals surface area contributed by atoms with Gasteiger partial charge in [-0.1, -0.05) is 30.2 Å². The van der Waals surface area contributed by atoms with Crippen LogP contribution in [0.15, 0.2) is 18.2 Å². The van der Waals surface area contributed by atoms with Gasteiger partial charge in [0.25, 0.3) is 0 Å². The van der Waals surface area contributed by atoms with Crippen molar-refractivity contribution in [1.82, 2.24) is 4.90 Å². The van der Waals surface area contributed by atoms with E-state index in [0.29, 0.717) is 23.7 Å². The highest BCUT2D eigenvalue weighted by Crippen LogP contribution is 2.25. The fraction of sp³-hybridized carbons (Fsp3) is 0.462. The standard InChI is InChI=1S/C13H17ClN2O.ClH/c14-13-10(5-4-6-11(13)15)9-16-8-3-1-2-7-12(16)17;/h4-6H,1-3,7-9,15H2;1H. The maximum atomic E-state index is 11.9. The quantitative estimate of drug-likeness (QED) is 0.849. The summed E-state index contributed by atoms with van der Waals surface area (Å²) in [7, 11) is 0. The molecule has 1 aromatic carbocycles. The fourth-order valence-electron chi connectivity index (χ4n) is 2.13. The molecule has 0 unspecified atom stereocenters. The fourth-order valence-corrected chi connectivity index (χ4v) is 2.32. The molecule has 0 spiro atoms. The van der Waals surface area contributed by atoms with Crippen molar-refractivity contribution in [1.29, 1.82) is 0 Å². The lowest BCUT2D eigenvalue weighted by Crippen LogP contribution is -2.29. The Kier molecular flexibility index (Phi) is 5.76. The van der Waals surface area contributed by atoms with Crippen LogP contribution in [0.5, 0.6) is 0 Å². The van der Waals surface area contributed by atoms with Gasteiger partial charge in [0.2, 0.25) is 5.91 Å². The highest BCUT2D eigenvalue weighted by atomic mass is 35.5. The summed E-state index contributed by atoms with van der Waals surface area (Å²) in [6, 6.07) is 5.58. The van der Waals surface area contributed by atoms with E-state index in [1.165, 1.54) is 0 Å². The highest BCUT2D eigenvalue weighted by Gasteiger charge is 2.17. The number of halogens is 2. The van der Waals surface area contributed by atoms with E-state index < -0.39 is 0 Å². The molecule has 2 rings (SSSR count). The number of nitrogens with zero attached hydrogens (tertiary/aromatic N) is 1. The van der Waals surface area contributed by atoms with Crippen molar-refractivity contribution in [3.63, 3.8) is 0 Å². The predicted octanol–water partition coefficient (Wildman–Crippen LogP) is 3.25. The second-order valence-electron chi connectivity index (χ2n) is 4.45. The van der Waals surface area contributed by atoms with E-state index in [9.17, 15) is 4.79 Å². The van der Waals surface area contributed by atoms with E-state index >= 15 is 0 Å². The number of hydrogen-bond acceptors (Lipinski definition) is 2. The third kappa shape index (κ3) is 3.53. The molecule has 5 heteroatoms. The summed E-state index contributed by atoms with van der Waals surface area (Å²) in [6.45, 7) is 1.40. The third-order valence-corrected chi connectivity index (χ3v) is 3.60. The summed E-state index contributed by atoms with van der Waals surface area (Å²) in [4.78, 5) is 13.7. The molecule has 0 aromatic heterocycles. The van der Waals surface area contributed by atoms with Gasteiger partial charge in [0, 0.05) is 19.5 Å².